The lowest BCUT2D eigenvalue weighted by Crippen LogP contribution is -2.13. The number of amides is 1. The van der Waals surface area contributed by atoms with E-state index in [1.807, 2.05) is 24.4 Å². The van der Waals surface area contributed by atoms with Crippen LogP contribution < -0.4 is 10.1 Å². The maximum atomic E-state index is 12.2. The zero-order valence-corrected chi connectivity index (χ0v) is 13.3. The quantitative estimate of drug-likeness (QED) is 0.777. The average Bonchev–Trinajstić information content (AvgIpc) is 3.09. The van der Waals surface area contributed by atoms with Gasteiger partial charge in [0.05, 0.1) is 11.2 Å². The lowest BCUT2D eigenvalue weighted by molar-refractivity contribution is 0.102. The number of hydrogen-bond acceptors (Lipinski definition) is 5. The first-order valence-electron chi connectivity index (χ1n) is 7.05. The van der Waals surface area contributed by atoms with Gasteiger partial charge in [0, 0.05) is 17.1 Å². The van der Waals surface area contributed by atoms with Crippen molar-refractivity contribution < 1.29 is 9.53 Å². The minimum absolute atomic E-state index is 0.196. The molecule has 0 aliphatic carbocycles. The Hall–Kier alpha value is -2.73. The topological polar surface area (TPSA) is 64.1 Å². The summed E-state index contributed by atoms with van der Waals surface area (Å²) in [6.45, 7) is 2.32. The number of nitrogens with zero attached hydrogens (tertiary/aromatic N) is 2. The lowest BCUT2D eigenvalue weighted by atomic mass is 10.2. The van der Waals surface area contributed by atoms with Gasteiger partial charge in [0.15, 0.2) is 0 Å². The molecule has 23 heavy (non-hydrogen) atoms. The van der Waals surface area contributed by atoms with Crippen molar-refractivity contribution in [3.63, 3.8) is 0 Å². The fraction of sp³-hybridized carbons (Fsp3) is 0.118. The maximum Gasteiger partial charge on any atom is 0.256 e. The molecule has 1 N–H and O–H groups in total. The summed E-state index contributed by atoms with van der Waals surface area (Å²) < 4.78 is 5.62. The van der Waals surface area contributed by atoms with Gasteiger partial charge in [-0.1, -0.05) is 6.07 Å². The number of benzene rings is 1. The number of thiazole rings is 1. The zero-order chi connectivity index (χ0) is 16.1. The molecule has 3 aromatic rings. The van der Waals surface area contributed by atoms with Gasteiger partial charge in [0.2, 0.25) is 0 Å². The van der Waals surface area contributed by atoms with E-state index in [-0.39, 0.29) is 5.91 Å². The summed E-state index contributed by atoms with van der Waals surface area (Å²) in [4.78, 5) is 20.5. The summed E-state index contributed by atoms with van der Waals surface area (Å²) in [5, 5.41) is 4.74. The first-order valence-corrected chi connectivity index (χ1v) is 7.99. The Bertz CT molecular complexity index is 786. The van der Waals surface area contributed by atoms with E-state index in [4.69, 9.17) is 4.74 Å². The Balaban J connectivity index is 1.62. The molecule has 1 amide bonds. The number of hydrogen-bond donors (Lipinski definition) is 1. The molecule has 5 nitrogen and oxygen atoms in total. The van der Waals surface area contributed by atoms with E-state index in [9.17, 15) is 4.79 Å². The van der Waals surface area contributed by atoms with E-state index in [1.54, 1.807) is 36.0 Å². The number of pyridine rings is 1. The standard InChI is InChI=1S/C17H15N3O2S/c1-12-3-2-8-18-16(12)20-17(21)13-4-6-15(7-5-13)22-9-14-10-23-11-19-14/h2-8,10-11H,9H2,1H3,(H,18,20,21). The van der Waals surface area contributed by atoms with Crippen molar-refractivity contribution in [3.05, 3.63) is 70.3 Å². The Kier molecular flexibility index (Phi) is 4.63. The van der Waals surface area contributed by atoms with Crippen LogP contribution in [0.3, 0.4) is 0 Å². The molecule has 0 unspecified atom stereocenters. The number of carbonyl (C=O) groups excluding carboxylic acids is 1. The first-order chi connectivity index (χ1) is 11.2. The highest BCUT2D eigenvalue weighted by Gasteiger charge is 2.08. The number of ether oxygens (including phenoxy) is 1. The van der Waals surface area contributed by atoms with Crippen LogP contribution in [0.25, 0.3) is 0 Å². The van der Waals surface area contributed by atoms with Gasteiger partial charge in [-0.2, -0.15) is 0 Å². The number of aromatic nitrogens is 2. The van der Waals surface area contributed by atoms with Crippen molar-refractivity contribution in [2.24, 2.45) is 0 Å². The van der Waals surface area contributed by atoms with Crippen LogP contribution in [0.4, 0.5) is 5.82 Å². The zero-order valence-electron chi connectivity index (χ0n) is 12.5. The molecule has 1 aromatic carbocycles. The van der Waals surface area contributed by atoms with Gasteiger partial charge < -0.3 is 10.1 Å². The molecule has 0 radical (unpaired) electrons. The molecule has 0 bridgehead atoms. The van der Waals surface area contributed by atoms with Gasteiger partial charge in [-0.25, -0.2) is 9.97 Å². The van der Waals surface area contributed by atoms with Crippen LogP contribution >= 0.6 is 11.3 Å². The average molecular weight is 325 g/mol. The monoisotopic (exact) mass is 325 g/mol. The molecule has 0 aliphatic rings. The predicted octanol–water partition coefficient (Wildman–Crippen LogP) is 3.68. The first kappa shape index (κ1) is 15.2. The van der Waals surface area contributed by atoms with Crippen molar-refractivity contribution in [1.29, 1.82) is 0 Å². The van der Waals surface area contributed by atoms with Gasteiger partial charge in [-0.05, 0) is 42.8 Å². The van der Waals surface area contributed by atoms with Crippen LogP contribution in [-0.4, -0.2) is 15.9 Å². The van der Waals surface area contributed by atoms with E-state index < -0.39 is 0 Å². The van der Waals surface area contributed by atoms with Gasteiger partial charge >= 0.3 is 0 Å². The summed E-state index contributed by atoms with van der Waals surface area (Å²) in [5.74, 6) is 1.07. The van der Waals surface area contributed by atoms with E-state index in [2.05, 4.69) is 15.3 Å². The van der Waals surface area contributed by atoms with Crippen LogP contribution in [0.15, 0.2) is 53.5 Å². The molecule has 2 heterocycles. The molecule has 3 rings (SSSR count). The molecule has 0 atom stereocenters. The minimum atomic E-state index is -0.196. The summed E-state index contributed by atoms with van der Waals surface area (Å²) in [6, 6.07) is 10.7. The SMILES string of the molecule is Cc1cccnc1NC(=O)c1ccc(OCc2cscn2)cc1. The molecule has 116 valence electrons. The normalized spacial score (nSPS) is 10.3. The highest BCUT2D eigenvalue weighted by atomic mass is 32.1. The number of anilines is 1. The molecule has 0 aliphatic heterocycles. The fourth-order valence-electron chi connectivity index (χ4n) is 1.96. The van der Waals surface area contributed by atoms with Gasteiger partial charge in [0.1, 0.15) is 18.2 Å². The van der Waals surface area contributed by atoms with Crippen LogP contribution in [0.2, 0.25) is 0 Å². The van der Waals surface area contributed by atoms with Crippen molar-refractivity contribution in [2.75, 3.05) is 5.32 Å². The number of aryl methyl sites for hydroxylation is 1. The third kappa shape index (κ3) is 3.92. The van der Waals surface area contributed by atoms with Crippen LogP contribution in [-0.2, 0) is 6.61 Å². The minimum Gasteiger partial charge on any atom is -0.487 e. The smallest absolute Gasteiger partial charge is 0.256 e. The largest absolute Gasteiger partial charge is 0.487 e. The predicted molar refractivity (Wildman–Crippen MR) is 89.8 cm³/mol. The second-order valence-corrected chi connectivity index (χ2v) is 5.63. The highest BCUT2D eigenvalue weighted by Crippen LogP contribution is 2.16. The lowest BCUT2D eigenvalue weighted by Gasteiger charge is -2.08. The number of nitrogens with one attached hydrogen (secondary N) is 1. The molecule has 0 fully saturated rings. The van der Waals surface area contributed by atoms with Crippen molar-refractivity contribution in [1.82, 2.24) is 9.97 Å². The molecule has 0 spiro atoms. The molecular weight excluding hydrogens is 310 g/mol. The van der Waals surface area contributed by atoms with Gasteiger partial charge in [-0.3, -0.25) is 4.79 Å². The van der Waals surface area contributed by atoms with E-state index in [0.29, 0.717) is 23.7 Å². The Morgan fingerprint density at radius 1 is 1.22 bits per heavy atom. The molecule has 0 saturated carbocycles. The fourth-order valence-corrected chi connectivity index (χ4v) is 2.51. The maximum absolute atomic E-state index is 12.2. The Morgan fingerprint density at radius 2 is 2.04 bits per heavy atom. The van der Waals surface area contributed by atoms with Crippen molar-refractivity contribution in [3.8, 4) is 5.75 Å². The van der Waals surface area contributed by atoms with Crippen LogP contribution in [0.1, 0.15) is 21.6 Å². The van der Waals surface area contributed by atoms with Crippen molar-refractivity contribution in [2.45, 2.75) is 13.5 Å². The molecule has 0 saturated heterocycles. The number of carbonyl (C=O) groups is 1. The third-order valence-electron chi connectivity index (χ3n) is 3.23. The Labute approximate surface area is 138 Å². The number of rotatable bonds is 5. The van der Waals surface area contributed by atoms with Gasteiger partial charge in [0.25, 0.3) is 5.91 Å². The summed E-state index contributed by atoms with van der Waals surface area (Å²) in [6.07, 6.45) is 1.65. The third-order valence-corrected chi connectivity index (χ3v) is 3.86. The second-order valence-electron chi connectivity index (χ2n) is 4.92. The summed E-state index contributed by atoms with van der Waals surface area (Å²) in [5.41, 5.74) is 4.13. The Morgan fingerprint density at radius 3 is 2.74 bits per heavy atom. The highest BCUT2D eigenvalue weighted by molar-refractivity contribution is 7.07. The molecule has 2 aromatic heterocycles. The summed E-state index contributed by atoms with van der Waals surface area (Å²) in [7, 11) is 0. The van der Waals surface area contributed by atoms with E-state index in [0.717, 1.165) is 11.3 Å². The van der Waals surface area contributed by atoms with E-state index in [1.165, 1.54) is 11.3 Å². The molecular formula is C17H15N3O2S. The van der Waals surface area contributed by atoms with Crippen LogP contribution in [0.5, 0.6) is 5.75 Å². The van der Waals surface area contributed by atoms with Crippen molar-refractivity contribution >= 4 is 23.1 Å². The van der Waals surface area contributed by atoms with Gasteiger partial charge in [-0.15, -0.1) is 11.3 Å². The molecule has 6 heteroatoms. The van der Waals surface area contributed by atoms with E-state index >= 15 is 0 Å². The summed E-state index contributed by atoms with van der Waals surface area (Å²) >= 11 is 1.53. The van der Waals surface area contributed by atoms with Crippen LogP contribution in [0, 0.1) is 6.92 Å². The second kappa shape index (κ2) is 7.02.